The number of para-hydroxylation sites is 1. The highest BCUT2D eigenvalue weighted by Crippen LogP contribution is 2.29. The molecule has 2 aromatic rings. The molecule has 0 spiro atoms. The van der Waals surface area contributed by atoms with Gasteiger partial charge in [0, 0.05) is 24.2 Å². The van der Waals surface area contributed by atoms with Crippen LogP contribution in [0.1, 0.15) is 37.8 Å². The van der Waals surface area contributed by atoms with Crippen molar-refractivity contribution in [1.29, 1.82) is 0 Å². The molecule has 166 valence electrons. The van der Waals surface area contributed by atoms with E-state index in [1.165, 1.54) is 6.26 Å². The van der Waals surface area contributed by atoms with Crippen molar-refractivity contribution in [2.45, 2.75) is 38.8 Å². The highest BCUT2D eigenvalue weighted by atomic mass is 16.5. The van der Waals surface area contributed by atoms with Crippen LogP contribution in [-0.4, -0.2) is 54.7 Å². The maximum absolute atomic E-state index is 13.6. The van der Waals surface area contributed by atoms with E-state index in [1.807, 2.05) is 68.6 Å². The lowest BCUT2D eigenvalue weighted by molar-refractivity contribution is -0.136. The molecule has 1 saturated heterocycles. The molecule has 0 N–H and O–H groups in total. The second-order valence-electron chi connectivity index (χ2n) is 8.37. The van der Waals surface area contributed by atoms with Crippen molar-refractivity contribution in [3.63, 3.8) is 0 Å². The van der Waals surface area contributed by atoms with Crippen molar-refractivity contribution in [1.82, 2.24) is 4.90 Å². The second-order valence-corrected chi connectivity index (χ2v) is 8.37. The number of ether oxygens (including phenoxy) is 1. The van der Waals surface area contributed by atoms with Gasteiger partial charge < -0.3 is 9.64 Å². The fraction of sp³-hybridized carbons (Fsp3) is 0.346. The normalized spacial score (nSPS) is 26.2. The van der Waals surface area contributed by atoms with Gasteiger partial charge >= 0.3 is 5.97 Å². The Morgan fingerprint density at radius 1 is 1.03 bits per heavy atom. The Morgan fingerprint density at radius 2 is 1.75 bits per heavy atom. The molecule has 0 saturated carbocycles. The topological polar surface area (TPSA) is 62.2 Å². The summed E-state index contributed by atoms with van der Waals surface area (Å²) in [6, 6.07) is 17.2. The largest absolute Gasteiger partial charge is 0.433 e. The van der Waals surface area contributed by atoms with Crippen molar-refractivity contribution >= 4 is 23.3 Å². The van der Waals surface area contributed by atoms with Crippen LogP contribution >= 0.6 is 0 Å². The summed E-state index contributed by atoms with van der Waals surface area (Å²) in [6.45, 7) is 4.71. The molecule has 0 aromatic heterocycles. The number of anilines is 1. The number of likely N-dealkylation sites (N-methyl/N-ethyl adjacent to an activating group) is 1. The number of cyclic esters (lactones) is 1. The number of benzene rings is 2. The quantitative estimate of drug-likeness (QED) is 0.645. The maximum atomic E-state index is 13.6. The minimum absolute atomic E-state index is 0.00536. The highest BCUT2D eigenvalue weighted by Gasteiger charge is 2.36. The molecule has 1 fully saturated rings. The summed E-state index contributed by atoms with van der Waals surface area (Å²) in [5.74, 6) is -0.349. The lowest BCUT2D eigenvalue weighted by atomic mass is 9.99. The molecule has 4 rings (SSSR count). The third-order valence-electron chi connectivity index (χ3n) is 6.38. The van der Waals surface area contributed by atoms with Crippen molar-refractivity contribution in [3.05, 3.63) is 77.6 Å². The van der Waals surface area contributed by atoms with Crippen molar-refractivity contribution in [2.24, 2.45) is 4.99 Å². The Balaban J connectivity index is 1.85. The summed E-state index contributed by atoms with van der Waals surface area (Å²) in [5.41, 5.74) is 4.03. The van der Waals surface area contributed by atoms with Crippen LogP contribution in [0.2, 0.25) is 0 Å². The number of nitrogens with zero attached hydrogens (tertiary/aromatic N) is 3. The van der Waals surface area contributed by atoms with Gasteiger partial charge in [-0.25, -0.2) is 4.79 Å². The van der Waals surface area contributed by atoms with E-state index in [1.54, 1.807) is 4.90 Å². The number of fused-ring (bicyclic) bond motifs is 2. The number of amides is 1. The van der Waals surface area contributed by atoms with Crippen LogP contribution in [0.5, 0.6) is 0 Å². The molecule has 0 aliphatic carbocycles. The number of carbonyl (C=O) groups excluding carboxylic acids is 2. The molecule has 1 unspecified atom stereocenters. The molecule has 0 bridgehead atoms. The molecule has 0 radical (unpaired) electrons. The smallest absolute Gasteiger partial charge is 0.332 e. The summed E-state index contributed by atoms with van der Waals surface area (Å²) in [6.07, 6.45) is 3.27. The van der Waals surface area contributed by atoms with E-state index in [9.17, 15) is 9.59 Å². The van der Waals surface area contributed by atoms with Gasteiger partial charge in [-0.3, -0.25) is 14.7 Å². The number of esters is 1. The van der Waals surface area contributed by atoms with Gasteiger partial charge in [0.05, 0.1) is 23.7 Å². The van der Waals surface area contributed by atoms with Gasteiger partial charge in [-0.2, -0.15) is 0 Å². The van der Waals surface area contributed by atoms with Crippen LogP contribution in [0.3, 0.4) is 0 Å². The molecule has 2 aliphatic heterocycles. The van der Waals surface area contributed by atoms with Crippen LogP contribution in [0.15, 0.2) is 71.4 Å². The molecular weight excluding hydrogens is 402 g/mol. The molecule has 32 heavy (non-hydrogen) atoms. The Labute approximate surface area is 189 Å². The average molecular weight is 432 g/mol. The lowest BCUT2D eigenvalue weighted by Crippen LogP contribution is -2.48. The molecular formula is C26H29N3O3. The molecule has 6 heteroatoms. The van der Waals surface area contributed by atoms with Gasteiger partial charge in [-0.15, -0.1) is 0 Å². The van der Waals surface area contributed by atoms with E-state index < -0.39 is 5.97 Å². The Morgan fingerprint density at radius 3 is 2.53 bits per heavy atom. The first kappa shape index (κ1) is 22.0. The molecule has 2 heterocycles. The SMILES string of the molecule is C/C1=C\OC(=O)C/N=C(\c2ccccc2)c2ccccc2N(C)C(=O)[C@H]2CCCN2C1C. The van der Waals surface area contributed by atoms with Gasteiger partial charge in [0.15, 0.2) is 0 Å². The molecule has 2 atom stereocenters. The summed E-state index contributed by atoms with van der Waals surface area (Å²) >= 11 is 0. The molecule has 2 aliphatic rings. The van der Waals surface area contributed by atoms with Gasteiger partial charge in [0.2, 0.25) is 5.91 Å². The second kappa shape index (κ2) is 9.49. The van der Waals surface area contributed by atoms with Crippen LogP contribution < -0.4 is 4.90 Å². The minimum Gasteiger partial charge on any atom is -0.433 e. The zero-order valence-corrected chi connectivity index (χ0v) is 18.8. The summed E-state index contributed by atoms with van der Waals surface area (Å²) in [4.78, 5) is 34.7. The Bertz CT molecular complexity index is 1060. The van der Waals surface area contributed by atoms with Gasteiger partial charge in [-0.1, -0.05) is 48.5 Å². The zero-order chi connectivity index (χ0) is 22.7. The Hall–Kier alpha value is -3.25. The van der Waals surface area contributed by atoms with Crippen molar-refractivity contribution in [3.8, 4) is 0 Å². The third kappa shape index (κ3) is 4.36. The fourth-order valence-corrected chi connectivity index (χ4v) is 4.45. The van der Waals surface area contributed by atoms with Crippen LogP contribution in [0.4, 0.5) is 5.69 Å². The predicted molar refractivity (Wildman–Crippen MR) is 126 cm³/mol. The number of hydrogen-bond donors (Lipinski definition) is 0. The lowest BCUT2D eigenvalue weighted by Gasteiger charge is -2.33. The molecule has 2 aromatic carbocycles. The first-order valence-corrected chi connectivity index (χ1v) is 11.1. The minimum atomic E-state index is -0.415. The van der Waals surface area contributed by atoms with E-state index in [2.05, 4.69) is 16.8 Å². The van der Waals surface area contributed by atoms with Gasteiger partial charge in [0.25, 0.3) is 0 Å². The Kier molecular flexibility index (Phi) is 6.51. The van der Waals surface area contributed by atoms with E-state index in [0.717, 1.165) is 41.8 Å². The molecule has 6 nitrogen and oxygen atoms in total. The first-order chi connectivity index (χ1) is 15.5. The highest BCUT2D eigenvalue weighted by molar-refractivity contribution is 6.18. The first-order valence-electron chi connectivity index (χ1n) is 11.1. The van der Waals surface area contributed by atoms with Crippen LogP contribution in [-0.2, 0) is 14.3 Å². The third-order valence-corrected chi connectivity index (χ3v) is 6.38. The number of aliphatic imine (C=N–C) groups is 1. The summed E-state index contributed by atoms with van der Waals surface area (Å²) in [7, 11) is 1.83. The zero-order valence-electron chi connectivity index (χ0n) is 18.8. The number of hydrogen-bond acceptors (Lipinski definition) is 5. The van der Waals surface area contributed by atoms with E-state index in [0.29, 0.717) is 5.71 Å². The number of rotatable bonds is 1. The van der Waals surface area contributed by atoms with Crippen molar-refractivity contribution in [2.75, 3.05) is 25.0 Å². The standard InChI is InChI=1S/C26H29N3O3/c1-18-17-32-24(30)16-27-25(20-10-5-4-6-11-20)21-12-7-8-13-22(21)28(3)26(31)23-14-9-15-29(23)19(18)2/h4-8,10-13,17,19,23H,9,14-16H2,1-3H3/b18-17+,27-25+/t19?,23-/m1/s1. The van der Waals surface area contributed by atoms with Crippen LogP contribution in [0, 0.1) is 0 Å². The maximum Gasteiger partial charge on any atom is 0.332 e. The van der Waals surface area contributed by atoms with Gasteiger partial charge in [-0.05, 0) is 44.9 Å². The fourth-order valence-electron chi connectivity index (χ4n) is 4.45. The van der Waals surface area contributed by atoms with Crippen molar-refractivity contribution < 1.29 is 14.3 Å². The molecule has 1 amide bonds. The average Bonchev–Trinajstić information content (AvgIpc) is 3.31. The summed E-state index contributed by atoms with van der Waals surface area (Å²) in [5, 5.41) is 0. The number of carbonyl (C=O) groups is 2. The summed E-state index contributed by atoms with van der Waals surface area (Å²) < 4.78 is 5.41. The van der Waals surface area contributed by atoms with Crippen LogP contribution in [0.25, 0.3) is 0 Å². The predicted octanol–water partition coefficient (Wildman–Crippen LogP) is 3.80. The van der Waals surface area contributed by atoms with E-state index in [-0.39, 0.29) is 24.5 Å². The van der Waals surface area contributed by atoms with E-state index in [4.69, 9.17) is 4.74 Å². The monoisotopic (exact) mass is 431 g/mol. The van der Waals surface area contributed by atoms with E-state index >= 15 is 0 Å². The van der Waals surface area contributed by atoms with Gasteiger partial charge in [0.1, 0.15) is 6.54 Å².